The fourth-order valence-corrected chi connectivity index (χ4v) is 2.36. The van der Waals surface area contributed by atoms with Gasteiger partial charge in [-0.05, 0) is 37.7 Å². The van der Waals surface area contributed by atoms with Gasteiger partial charge in [0.1, 0.15) is 0 Å². The van der Waals surface area contributed by atoms with Crippen molar-refractivity contribution in [3.05, 3.63) is 18.0 Å². The molecule has 1 aromatic rings. The lowest BCUT2D eigenvalue weighted by Crippen LogP contribution is -2.29. The van der Waals surface area contributed by atoms with Crippen LogP contribution in [0.25, 0.3) is 0 Å². The molecule has 2 atom stereocenters. The molecule has 0 bridgehead atoms. The third-order valence-electron chi connectivity index (χ3n) is 3.23. The normalized spacial score (nSPS) is 26.0. The van der Waals surface area contributed by atoms with Gasteiger partial charge in [0, 0.05) is 18.8 Å². The smallest absolute Gasteiger partial charge is 0.0534 e. The Kier molecular flexibility index (Phi) is 3.41. The van der Waals surface area contributed by atoms with E-state index in [1.165, 1.54) is 24.8 Å². The van der Waals surface area contributed by atoms with Gasteiger partial charge in [0.25, 0.3) is 0 Å². The Bertz CT molecular complexity index is 306. The molecular weight excluding hydrogens is 186 g/mol. The highest BCUT2D eigenvalue weighted by atomic mass is 15.3. The standard InChI is InChI=1S/C12H21N3/c1-10-3-4-12(7-10)13-5-6-15-9-11(2)8-14-15/h8-10,12-13H,3-7H2,1-2H3. The summed E-state index contributed by atoms with van der Waals surface area (Å²) in [6.07, 6.45) is 8.09. The van der Waals surface area contributed by atoms with E-state index < -0.39 is 0 Å². The van der Waals surface area contributed by atoms with Crippen LogP contribution in [0.4, 0.5) is 0 Å². The van der Waals surface area contributed by atoms with Gasteiger partial charge < -0.3 is 5.32 Å². The van der Waals surface area contributed by atoms with Gasteiger partial charge in [-0.1, -0.05) is 6.92 Å². The first-order valence-corrected chi connectivity index (χ1v) is 5.96. The largest absolute Gasteiger partial charge is 0.312 e. The highest BCUT2D eigenvalue weighted by molar-refractivity contribution is 4.99. The van der Waals surface area contributed by atoms with Gasteiger partial charge >= 0.3 is 0 Å². The summed E-state index contributed by atoms with van der Waals surface area (Å²) in [5.74, 6) is 0.912. The Balaban J connectivity index is 1.67. The zero-order chi connectivity index (χ0) is 10.7. The fourth-order valence-electron chi connectivity index (χ4n) is 2.36. The van der Waals surface area contributed by atoms with Crippen LogP contribution >= 0.6 is 0 Å². The van der Waals surface area contributed by atoms with Crippen LogP contribution < -0.4 is 5.32 Å². The minimum absolute atomic E-state index is 0.747. The summed E-state index contributed by atoms with van der Waals surface area (Å²) in [6.45, 7) is 6.45. The minimum Gasteiger partial charge on any atom is -0.312 e. The number of aryl methyl sites for hydroxylation is 1. The van der Waals surface area contributed by atoms with E-state index in [-0.39, 0.29) is 0 Å². The first-order valence-electron chi connectivity index (χ1n) is 5.96. The average Bonchev–Trinajstić information content (AvgIpc) is 2.76. The molecule has 1 aromatic heterocycles. The molecule has 0 amide bonds. The number of nitrogens with zero attached hydrogens (tertiary/aromatic N) is 2. The van der Waals surface area contributed by atoms with Gasteiger partial charge in [0.05, 0.1) is 12.7 Å². The number of rotatable bonds is 4. The van der Waals surface area contributed by atoms with Crippen LogP contribution in [0.1, 0.15) is 31.7 Å². The first-order chi connectivity index (χ1) is 7.24. The summed E-state index contributed by atoms with van der Waals surface area (Å²) in [4.78, 5) is 0. The second-order valence-corrected chi connectivity index (χ2v) is 4.85. The maximum absolute atomic E-state index is 4.27. The zero-order valence-electron chi connectivity index (χ0n) is 9.74. The van der Waals surface area contributed by atoms with E-state index >= 15 is 0 Å². The summed E-state index contributed by atoms with van der Waals surface area (Å²) < 4.78 is 2.01. The Morgan fingerprint density at radius 3 is 3.00 bits per heavy atom. The van der Waals surface area contributed by atoms with Gasteiger partial charge in [0.2, 0.25) is 0 Å². The molecule has 1 N–H and O–H groups in total. The molecule has 0 aromatic carbocycles. The monoisotopic (exact) mass is 207 g/mol. The SMILES string of the molecule is Cc1cnn(CCNC2CCC(C)C2)c1. The third kappa shape index (κ3) is 3.06. The van der Waals surface area contributed by atoms with E-state index in [0.717, 1.165) is 25.0 Å². The molecular formula is C12H21N3. The van der Waals surface area contributed by atoms with Crippen LogP contribution in [0.5, 0.6) is 0 Å². The molecule has 0 spiro atoms. The van der Waals surface area contributed by atoms with Crippen LogP contribution in [0.2, 0.25) is 0 Å². The second-order valence-electron chi connectivity index (χ2n) is 4.85. The Morgan fingerprint density at radius 1 is 1.53 bits per heavy atom. The number of hydrogen-bond donors (Lipinski definition) is 1. The fraction of sp³-hybridized carbons (Fsp3) is 0.750. The molecule has 1 fully saturated rings. The van der Waals surface area contributed by atoms with Gasteiger partial charge in [0.15, 0.2) is 0 Å². The molecule has 2 unspecified atom stereocenters. The van der Waals surface area contributed by atoms with Crippen molar-refractivity contribution in [3.63, 3.8) is 0 Å². The summed E-state index contributed by atoms with van der Waals surface area (Å²) in [6, 6.07) is 0.747. The van der Waals surface area contributed by atoms with Crippen molar-refractivity contribution in [3.8, 4) is 0 Å². The lowest BCUT2D eigenvalue weighted by molar-refractivity contribution is 0.469. The molecule has 3 heteroatoms. The van der Waals surface area contributed by atoms with Crippen LogP contribution in [0, 0.1) is 12.8 Å². The van der Waals surface area contributed by atoms with Gasteiger partial charge in [-0.2, -0.15) is 5.10 Å². The van der Waals surface area contributed by atoms with Crippen LogP contribution in [-0.4, -0.2) is 22.4 Å². The third-order valence-corrected chi connectivity index (χ3v) is 3.23. The molecule has 0 saturated heterocycles. The molecule has 1 aliphatic carbocycles. The molecule has 3 nitrogen and oxygen atoms in total. The molecule has 15 heavy (non-hydrogen) atoms. The van der Waals surface area contributed by atoms with Crippen LogP contribution in [0.15, 0.2) is 12.4 Å². The number of aromatic nitrogens is 2. The van der Waals surface area contributed by atoms with Crippen molar-refractivity contribution in [2.45, 2.75) is 45.7 Å². The topological polar surface area (TPSA) is 29.9 Å². The van der Waals surface area contributed by atoms with Crippen molar-refractivity contribution < 1.29 is 0 Å². The predicted octanol–water partition coefficient (Wildman–Crippen LogP) is 1.97. The summed E-state index contributed by atoms with van der Waals surface area (Å²) in [5, 5.41) is 7.88. The zero-order valence-corrected chi connectivity index (χ0v) is 9.74. The summed E-state index contributed by atoms with van der Waals surface area (Å²) in [5.41, 5.74) is 1.24. The van der Waals surface area contributed by atoms with E-state index in [0.29, 0.717) is 0 Å². The molecule has 1 saturated carbocycles. The van der Waals surface area contributed by atoms with Gasteiger partial charge in [-0.3, -0.25) is 4.68 Å². The van der Waals surface area contributed by atoms with E-state index in [2.05, 4.69) is 30.5 Å². The lowest BCUT2D eigenvalue weighted by atomic mass is 10.1. The first kappa shape index (κ1) is 10.7. The highest BCUT2D eigenvalue weighted by Gasteiger charge is 2.20. The number of nitrogens with one attached hydrogen (secondary N) is 1. The predicted molar refractivity (Wildman–Crippen MR) is 61.8 cm³/mol. The highest BCUT2D eigenvalue weighted by Crippen LogP contribution is 2.24. The van der Waals surface area contributed by atoms with Crippen molar-refractivity contribution in [2.75, 3.05) is 6.54 Å². The van der Waals surface area contributed by atoms with Crippen LogP contribution in [-0.2, 0) is 6.54 Å². The Morgan fingerprint density at radius 2 is 2.40 bits per heavy atom. The second kappa shape index (κ2) is 4.79. The van der Waals surface area contributed by atoms with E-state index in [9.17, 15) is 0 Å². The van der Waals surface area contributed by atoms with Crippen LogP contribution in [0.3, 0.4) is 0 Å². The lowest BCUT2D eigenvalue weighted by Gasteiger charge is -2.11. The van der Waals surface area contributed by atoms with Crippen molar-refractivity contribution in [1.82, 2.24) is 15.1 Å². The Hall–Kier alpha value is -0.830. The van der Waals surface area contributed by atoms with Crippen molar-refractivity contribution in [1.29, 1.82) is 0 Å². The molecule has 1 aliphatic rings. The van der Waals surface area contributed by atoms with Crippen molar-refractivity contribution in [2.24, 2.45) is 5.92 Å². The number of hydrogen-bond acceptors (Lipinski definition) is 2. The maximum atomic E-state index is 4.27. The Labute approximate surface area is 91.9 Å². The molecule has 2 rings (SSSR count). The minimum atomic E-state index is 0.747. The average molecular weight is 207 g/mol. The summed E-state index contributed by atoms with van der Waals surface area (Å²) in [7, 11) is 0. The molecule has 1 heterocycles. The van der Waals surface area contributed by atoms with Crippen molar-refractivity contribution >= 4 is 0 Å². The van der Waals surface area contributed by atoms with Gasteiger partial charge in [-0.25, -0.2) is 0 Å². The molecule has 84 valence electrons. The summed E-state index contributed by atoms with van der Waals surface area (Å²) >= 11 is 0. The molecule has 0 aliphatic heterocycles. The van der Waals surface area contributed by atoms with E-state index in [1.54, 1.807) is 0 Å². The quantitative estimate of drug-likeness (QED) is 0.818. The maximum Gasteiger partial charge on any atom is 0.0534 e. The molecule has 0 radical (unpaired) electrons. The van der Waals surface area contributed by atoms with Gasteiger partial charge in [-0.15, -0.1) is 0 Å². The van der Waals surface area contributed by atoms with E-state index in [1.807, 2.05) is 10.9 Å². The van der Waals surface area contributed by atoms with E-state index in [4.69, 9.17) is 0 Å².